The maximum atomic E-state index is 12.9. The quantitative estimate of drug-likeness (QED) is 0.0654. The molecular weight excluding hydrogens is 452 g/mol. The largest absolute Gasteiger partial charge is 0.480 e. The minimum atomic E-state index is -1.39. The van der Waals surface area contributed by atoms with Gasteiger partial charge in [0.1, 0.15) is 18.1 Å². The van der Waals surface area contributed by atoms with Crippen molar-refractivity contribution in [2.24, 2.45) is 27.9 Å². The second kappa shape index (κ2) is 14.0. The third-order valence-electron chi connectivity index (χ3n) is 4.41. The fraction of sp³-hybridized carbons (Fsp3) is 0.500. The standard InChI is InChI=1S/C18H30N10O6/c19-6-14(30)26-12(5-13(20)29)16(32)28-11(4-9-7-23-8-25-9)15(31)27-10(17(33)34)2-1-3-24-18(21)22/h7-8,10-12H,1-6,19H2,(H2,20,29)(H,23,25)(H,26,30)(H,27,31)(H,28,32)(H,33,34)(H4,21,22,24). The molecule has 0 fully saturated rings. The monoisotopic (exact) mass is 482 g/mol. The smallest absolute Gasteiger partial charge is 0.326 e. The number of hydrogen-bond donors (Lipinski definition) is 9. The van der Waals surface area contributed by atoms with Crippen LogP contribution in [0.3, 0.4) is 0 Å². The maximum Gasteiger partial charge on any atom is 0.326 e. The molecule has 0 radical (unpaired) electrons. The highest BCUT2D eigenvalue weighted by Crippen LogP contribution is 2.04. The Kier molecular flexibility index (Phi) is 11.5. The summed E-state index contributed by atoms with van der Waals surface area (Å²) in [4.78, 5) is 70.5. The summed E-state index contributed by atoms with van der Waals surface area (Å²) in [5, 5.41) is 16.5. The first-order valence-electron chi connectivity index (χ1n) is 10.2. The molecule has 0 aliphatic rings. The Bertz CT molecular complexity index is 884. The molecule has 13 N–H and O–H groups in total. The Morgan fingerprint density at radius 1 is 1.03 bits per heavy atom. The number of nitrogens with two attached hydrogens (primary N) is 4. The summed E-state index contributed by atoms with van der Waals surface area (Å²) in [5.41, 5.74) is 21.3. The number of carbonyl (C=O) groups excluding carboxylic acids is 4. The number of primary amides is 1. The molecular formula is C18H30N10O6. The molecule has 0 spiro atoms. The van der Waals surface area contributed by atoms with E-state index >= 15 is 0 Å². The Labute approximate surface area is 194 Å². The van der Waals surface area contributed by atoms with Crippen LogP contribution >= 0.6 is 0 Å². The van der Waals surface area contributed by atoms with Crippen LogP contribution in [0, 0.1) is 0 Å². The number of aliphatic imine (C=N–C) groups is 1. The minimum absolute atomic E-state index is 0.0133. The number of guanidine groups is 1. The molecule has 188 valence electrons. The zero-order valence-electron chi connectivity index (χ0n) is 18.3. The highest BCUT2D eigenvalue weighted by Gasteiger charge is 2.30. The first-order chi connectivity index (χ1) is 16.0. The Balaban J connectivity index is 2.98. The molecule has 0 aromatic carbocycles. The van der Waals surface area contributed by atoms with Crippen LogP contribution in [0.5, 0.6) is 0 Å². The number of carbonyl (C=O) groups is 5. The predicted molar refractivity (Wildman–Crippen MR) is 118 cm³/mol. The zero-order chi connectivity index (χ0) is 25.7. The van der Waals surface area contributed by atoms with Gasteiger partial charge in [0.2, 0.25) is 23.6 Å². The number of hydrogen-bond acceptors (Lipinski definition) is 8. The van der Waals surface area contributed by atoms with Gasteiger partial charge in [-0.05, 0) is 12.8 Å². The normalized spacial score (nSPS) is 13.1. The summed E-state index contributed by atoms with van der Waals surface area (Å²) in [6.45, 7) is -0.285. The lowest BCUT2D eigenvalue weighted by molar-refractivity contribution is -0.142. The number of aromatic nitrogens is 2. The summed E-state index contributed by atoms with van der Waals surface area (Å²) in [5.74, 6) is -4.75. The molecule has 16 heteroatoms. The Hall–Kier alpha value is -4.21. The van der Waals surface area contributed by atoms with Crippen LogP contribution in [0.15, 0.2) is 17.5 Å². The lowest BCUT2D eigenvalue weighted by Gasteiger charge is -2.24. The van der Waals surface area contributed by atoms with Crippen LogP contribution in [0.4, 0.5) is 0 Å². The molecule has 34 heavy (non-hydrogen) atoms. The van der Waals surface area contributed by atoms with Gasteiger partial charge >= 0.3 is 5.97 Å². The zero-order valence-corrected chi connectivity index (χ0v) is 18.3. The van der Waals surface area contributed by atoms with E-state index in [1.54, 1.807) is 0 Å². The van der Waals surface area contributed by atoms with Gasteiger partial charge in [-0.3, -0.25) is 24.2 Å². The second-order valence-corrected chi connectivity index (χ2v) is 7.19. The summed E-state index contributed by atoms with van der Waals surface area (Å²) >= 11 is 0. The molecule has 0 aliphatic carbocycles. The van der Waals surface area contributed by atoms with Crippen LogP contribution in [0.2, 0.25) is 0 Å². The molecule has 0 saturated carbocycles. The van der Waals surface area contributed by atoms with Gasteiger partial charge in [0.25, 0.3) is 0 Å². The highest BCUT2D eigenvalue weighted by atomic mass is 16.4. The summed E-state index contributed by atoms with van der Waals surface area (Å²) in [7, 11) is 0. The van der Waals surface area contributed by atoms with Gasteiger partial charge in [0, 0.05) is 24.9 Å². The summed E-state index contributed by atoms with van der Waals surface area (Å²) in [6.07, 6.45) is 2.41. The molecule has 1 rings (SSSR count). The van der Waals surface area contributed by atoms with Gasteiger partial charge in [-0.2, -0.15) is 0 Å². The van der Waals surface area contributed by atoms with Crippen molar-refractivity contribution in [3.63, 3.8) is 0 Å². The number of imidazole rings is 1. The number of rotatable bonds is 15. The van der Waals surface area contributed by atoms with E-state index in [4.69, 9.17) is 22.9 Å². The van der Waals surface area contributed by atoms with Crippen molar-refractivity contribution >= 4 is 35.6 Å². The lowest BCUT2D eigenvalue weighted by Crippen LogP contribution is -2.57. The molecule has 1 heterocycles. The van der Waals surface area contributed by atoms with Crippen molar-refractivity contribution in [3.8, 4) is 0 Å². The molecule has 1 aromatic heterocycles. The molecule has 3 unspecified atom stereocenters. The first kappa shape index (κ1) is 27.8. The van der Waals surface area contributed by atoms with Gasteiger partial charge in [-0.15, -0.1) is 0 Å². The third kappa shape index (κ3) is 10.4. The number of nitrogens with zero attached hydrogens (tertiary/aromatic N) is 2. The van der Waals surface area contributed by atoms with E-state index in [9.17, 15) is 29.1 Å². The van der Waals surface area contributed by atoms with Crippen molar-refractivity contribution < 1.29 is 29.1 Å². The van der Waals surface area contributed by atoms with Crippen molar-refractivity contribution in [2.75, 3.05) is 13.1 Å². The number of carboxylic acids is 1. The van der Waals surface area contributed by atoms with E-state index in [0.29, 0.717) is 5.69 Å². The van der Waals surface area contributed by atoms with Crippen molar-refractivity contribution in [1.82, 2.24) is 25.9 Å². The lowest BCUT2D eigenvalue weighted by atomic mass is 10.1. The summed E-state index contributed by atoms with van der Waals surface area (Å²) in [6, 6.07) is -3.96. The fourth-order valence-corrected chi connectivity index (χ4v) is 2.79. The molecule has 0 saturated heterocycles. The predicted octanol–water partition coefficient (Wildman–Crippen LogP) is -4.62. The van der Waals surface area contributed by atoms with Gasteiger partial charge in [-0.25, -0.2) is 9.78 Å². The molecule has 0 bridgehead atoms. The van der Waals surface area contributed by atoms with Crippen molar-refractivity contribution in [1.29, 1.82) is 0 Å². The third-order valence-corrected chi connectivity index (χ3v) is 4.41. The second-order valence-electron chi connectivity index (χ2n) is 7.19. The number of carboxylic acid groups (broad SMARTS) is 1. The molecule has 1 aromatic rings. The number of amides is 4. The molecule has 16 nitrogen and oxygen atoms in total. The van der Waals surface area contributed by atoms with Crippen LogP contribution in [0.25, 0.3) is 0 Å². The minimum Gasteiger partial charge on any atom is -0.480 e. The molecule has 0 aliphatic heterocycles. The van der Waals surface area contributed by atoms with E-state index in [1.165, 1.54) is 12.5 Å². The van der Waals surface area contributed by atoms with Crippen LogP contribution in [-0.4, -0.2) is 81.8 Å². The SMILES string of the molecule is NCC(=O)NC(CC(N)=O)C(=O)NC(Cc1cnc[nH]1)C(=O)NC(CCCN=C(N)N)C(=O)O. The van der Waals surface area contributed by atoms with Gasteiger partial charge in [0.15, 0.2) is 5.96 Å². The average Bonchev–Trinajstić information content (AvgIpc) is 3.27. The first-order valence-corrected chi connectivity index (χ1v) is 10.2. The number of aromatic amines is 1. The van der Waals surface area contributed by atoms with Gasteiger partial charge in [-0.1, -0.05) is 0 Å². The van der Waals surface area contributed by atoms with E-state index in [1.807, 2.05) is 0 Å². The van der Waals surface area contributed by atoms with Crippen molar-refractivity contribution in [3.05, 3.63) is 18.2 Å². The topological polar surface area (TPSA) is 287 Å². The number of nitrogens with one attached hydrogen (secondary N) is 4. The van der Waals surface area contributed by atoms with E-state index in [2.05, 4.69) is 30.9 Å². The van der Waals surface area contributed by atoms with E-state index in [-0.39, 0.29) is 31.8 Å². The number of aliphatic carboxylic acids is 1. The average molecular weight is 483 g/mol. The Morgan fingerprint density at radius 3 is 2.21 bits per heavy atom. The maximum absolute atomic E-state index is 12.9. The van der Waals surface area contributed by atoms with Crippen molar-refractivity contribution in [2.45, 2.75) is 43.8 Å². The highest BCUT2D eigenvalue weighted by molar-refractivity contribution is 5.95. The van der Waals surface area contributed by atoms with Crippen LogP contribution in [0.1, 0.15) is 25.0 Å². The molecule has 4 amide bonds. The number of H-pyrrole nitrogens is 1. The van der Waals surface area contributed by atoms with Crippen LogP contribution < -0.4 is 38.9 Å². The van der Waals surface area contributed by atoms with Gasteiger partial charge in [0.05, 0.1) is 19.3 Å². The Morgan fingerprint density at radius 2 is 1.68 bits per heavy atom. The molecule has 3 atom stereocenters. The fourth-order valence-electron chi connectivity index (χ4n) is 2.79. The van der Waals surface area contributed by atoms with Gasteiger partial charge < -0.3 is 49.0 Å². The summed E-state index contributed by atoms with van der Waals surface area (Å²) < 4.78 is 0. The van der Waals surface area contributed by atoms with Crippen LogP contribution in [-0.2, 0) is 30.4 Å². The van der Waals surface area contributed by atoms with E-state index in [0.717, 1.165) is 0 Å². The van der Waals surface area contributed by atoms with E-state index < -0.39 is 60.7 Å².